The van der Waals surface area contributed by atoms with Crippen molar-refractivity contribution in [2.75, 3.05) is 13.7 Å². The van der Waals surface area contributed by atoms with Crippen LogP contribution in [-0.2, 0) is 14.3 Å². The SMILES string of the molecule is COC1CC(CC(=O)O)N(C(=O)C2CC2c2sccc2C)C1. The molecule has 5 nitrogen and oxygen atoms in total. The summed E-state index contributed by atoms with van der Waals surface area (Å²) >= 11 is 1.71. The lowest BCUT2D eigenvalue weighted by atomic mass is 10.1. The highest BCUT2D eigenvalue weighted by Gasteiger charge is 2.50. The van der Waals surface area contributed by atoms with Crippen LogP contribution in [0.5, 0.6) is 0 Å². The van der Waals surface area contributed by atoms with Crippen LogP contribution in [-0.4, -0.2) is 47.7 Å². The lowest BCUT2D eigenvalue weighted by Crippen LogP contribution is -2.38. The molecule has 1 aromatic heterocycles. The van der Waals surface area contributed by atoms with Crippen molar-refractivity contribution >= 4 is 23.2 Å². The zero-order valence-corrected chi connectivity index (χ0v) is 13.6. The van der Waals surface area contributed by atoms with Crippen molar-refractivity contribution < 1.29 is 19.4 Å². The molecule has 1 aliphatic carbocycles. The quantitative estimate of drug-likeness (QED) is 0.902. The van der Waals surface area contributed by atoms with E-state index in [1.165, 1.54) is 10.4 Å². The van der Waals surface area contributed by atoms with Gasteiger partial charge in [-0.2, -0.15) is 0 Å². The van der Waals surface area contributed by atoms with Gasteiger partial charge in [-0.15, -0.1) is 11.3 Å². The number of amides is 1. The molecule has 22 heavy (non-hydrogen) atoms. The summed E-state index contributed by atoms with van der Waals surface area (Å²) in [5.41, 5.74) is 1.25. The molecule has 2 aliphatic rings. The maximum absolute atomic E-state index is 12.8. The van der Waals surface area contributed by atoms with Gasteiger partial charge >= 0.3 is 5.97 Å². The molecule has 0 spiro atoms. The molecule has 1 amide bonds. The van der Waals surface area contributed by atoms with E-state index < -0.39 is 5.97 Å². The van der Waals surface area contributed by atoms with Gasteiger partial charge in [-0.3, -0.25) is 9.59 Å². The van der Waals surface area contributed by atoms with Crippen LogP contribution in [0.2, 0.25) is 0 Å². The number of aryl methyl sites for hydroxylation is 1. The number of ether oxygens (including phenoxy) is 1. The number of carbonyl (C=O) groups excluding carboxylic acids is 1. The Kier molecular flexibility index (Phi) is 4.23. The van der Waals surface area contributed by atoms with Gasteiger partial charge in [-0.1, -0.05) is 0 Å². The van der Waals surface area contributed by atoms with Crippen LogP contribution in [0.1, 0.15) is 35.6 Å². The maximum atomic E-state index is 12.8. The van der Waals surface area contributed by atoms with Crippen molar-refractivity contribution in [2.24, 2.45) is 5.92 Å². The van der Waals surface area contributed by atoms with E-state index in [-0.39, 0.29) is 30.4 Å². The summed E-state index contributed by atoms with van der Waals surface area (Å²) in [6, 6.07) is 1.85. The molecule has 4 atom stereocenters. The number of rotatable bonds is 5. The van der Waals surface area contributed by atoms with Crippen molar-refractivity contribution in [1.29, 1.82) is 0 Å². The van der Waals surface area contributed by atoms with Crippen molar-refractivity contribution in [2.45, 2.75) is 44.2 Å². The Morgan fingerprint density at radius 1 is 1.45 bits per heavy atom. The Morgan fingerprint density at radius 3 is 2.82 bits per heavy atom. The number of thiophene rings is 1. The van der Waals surface area contributed by atoms with E-state index in [0.717, 1.165) is 6.42 Å². The monoisotopic (exact) mass is 323 g/mol. The van der Waals surface area contributed by atoms with E-state index in [0.29, 0.717) is 18.9 Å². The van der Waals surface area contributed by atoms with Gasteiger partial charge < -0.3 is 14.7 Å². The van der Waals surface area contributed by atoms with E-state index >= 15 is 0 Å². The molecule has 0 bridgehead atoms. The third-order valence-corrected chi connectivity index (χ3v) is 5.90. The average molecular weight is 323 g/mol. The number of carbonyl (C=O) groups is 2. The van der Waals surface area contributed by atoms with Gasteiger partial charge in [0.1, 0.15) is 0 Å². The molecule has 1 saturated carbocycles. The second-order valence-corrected chi connectivity index (χ2v) is 7.20. The van der Waals surface area contributed by atoms with Crippen LogP contribution in [0.15, 0.2) is 11.4 Å². The molecule has 120 valence electrons. The largest absolute Gasteiger partial charge is 0.481 e. The van der Waals surface area contributed by atoms with Gasteiger partial charge in [0.15, 0.2) is 0 Å². The molecule has 6 heteroatoms. The first-order valence-electron chi connectivity index (χ1n) is 7.60. The van der Waals surface area contributed by atoms with Gasteiger partial charge in [0, 0.05) is 36.4 Å². The van der Waals surface area contributed by atoms with Crippen molar-refractivity contribution in [1.82, 2.24) is 4.90 Å². The van der Waals surface area contributed by atoms with Gasteiger partial charge in [0.25, 0.3) is 0 Å². The first kappa shape index (κ1) is 15.5. The fourth-order valence-corrected chi connectivity index (χ4v) is 4.55. The Hall–Kier alpha value is -1.40. The van der Waals surface area contributed by atoms with E-state index in [4.69, 9.17) is 9.84 Å². The van der Waals surface area contributed by atoms with Gasteiger partial charge in [0.2, 0.25) is 5.91 Å². The molecule has 2 heterocycles. The molecule has 4 unspecified atom stereocenters. The smallest absolute Gasteiger partial charge is 0.305 e. The fraction of sp³-hybridized carbons (Fsp3) is 0.625. The first-order chi connectivity index (χ1) is 10.5. The van der Waals surface area contributed by atoms with Crippen LogP contribution < -0.4 is 0 Å². The predicted octanol–water partition coefficient (Wildman–Crippen LogP) is 2.25. The summed E-state index contributed by atoms with van der Waals surface area (Å²) in [6.45, 7) is 2.59. The van der Waals surface area contributed by atoms with Crippen LogP contribution in [0.25, 0.3) is 0 Å². The lowest BCUT2D eigenvalue weighted by molar-refractivity contribution is -0.140. The number of likely N-dealkylation sites (tertiary alicyclic amines) is 1. The number of hydrogen-bond donors (Lipinski definition) is 1. The normalized spacial score (nSPS) is 30.5. The number of hydrogen-bond acceptors (Lipinski definition) is 4. The van der Waals surface area contributed by atoms with Gasteiger partial charge in [-0.25, -0.2) is 0 Å². The second kappa shape index (κ2) is 6.01. The topological polar surface area (TPSA) is 66.8 Å². The predicted molar refractivity (Wildman–Crippen MR) is 83.1 cm³/mol. The average Bonchev–Trinajstić information content (AvgIpc) is 2.98. The molecule has 0 aromatic carbocycles. The van der Waals surface area contributed by atoms with Gasteiger partial charge in [0.05, 0.1) is 12.5 Å². The fourth-order valence-electron chi connectivity index (χ4n) is 3.44. The number of carboxylic acid groups (broad SMARTS) is 1. The van der Waals surface area contributed by atoms with Crippen molar-refractivity contribution in [3.05, 3.63) is 21.9 Å². The third-order valence-electron chi connectivity index (χ3n) is 4.75. The molecule has 1 aromatic rings. The third kappa shape index (κ3) is 2.90. The summed E-state index contributed by atoms with van der Waals surface area (Å²) in [4.78, 5) is 26.8. The van der Waals surface area contributed by atoms with E-state index in [9.17, 15) is 9.59 Å². The van der Waals surface area contributed by atoms with Crippen LogP contribution in [0, 0.1) is 12.8 Å². The van der Waals surface area contributed by atoms with Crippen molar-refractivity contribution in [3.63, 3.8) is 0 Å². The lowest BCUT2D eigenvalue weighted by Gasteiger charge is -2.23. The van der Waals surface area contributed by atoms with Crippen LogP contribution >= 0.6 is 11.3 Å². The van der Waals surface area contributed by atoms with Crippen LogP contribution in [0.4, 0.5) is 0 Å². The zero-order chi connectivity index (χ0) is 15.9. The van der Waals surface area contributed by atoms with E-state index in [1.54, 1.807) is 23.3 Å². The highest BCUT2D eigenvalue weighted by atomic mass is 32.1. The Bertz CT molecular complexity index is 584. The van der Waals surface area contributed by atoms with Crippen molar-refractivity contribution in [3.8, 4) is 0 Å². The summed E-state index contributed by atoms with van der Waals surface area (Å²) < 4.78 is 5.34. The molecule has 1 N–H and O–H groups in total. The number of methoxy groups -OCH3 is 1. The number of carboxylic acids is 1. The number of aliphatic carboxylic acids is 1. The summed E-state index contributed by atoms with van der Waals surface area (Å²) in [5, 5.41) is 11.1. The molecular weight excluding hydrogens is 302 g/mol. The Morgan fingerprint density at radius 2 is 2.23 bits per heavy atom. The molecule has 1 saturated heterocycles. The molecule has 3 rings (SSSR count). The van der Waals surface area contributed by atoms with E-state index in [1.807, 2.05) is 0 Å². The van der Waals surface area contributed by atoms with Crippen LogP contribution in [0.3, 0.4) is 0 Å². The van der Waals surface area contributed by atoms with Gasteiger partial charge in [-0.05, 0) is 36.8 Å². The first-order valence-corrected chi connectivity index (χ1v) is 8.48. The summed E-state index contributed by atoms with van der Waals surface area (Å²) in [6.07, 6.45) is 1.45. The summed E-state index contributed by atoms with van der Waals surface area (Å²) in [5.74, 6) is -0.423. The molecule has 2 fully saturated rings. The minimum absolute atomic E-state index is 0.00101. The number of nitrogens with zero attached hydrogens (tertiary/aromatic N) is 1. The van der Waals surface area contributed by atoms with E-state index in [2.05, 4.69) is 18.4 Å². The molecular formula is C16H21NO4S. The second-order valence-electron chi connectivity index (χ2n) is 6.25. The Balaban J connectivity index is 1.69. The minimum Gasteiger partial charge on any atom is -0.481 e. The summed E-state index contributed by atoms with van der Waals surface area (Å²) in [7, 11) is 1.62. The molecule has 0 radical (unpaired) electrons. The Labute approximate surface area is 133 Å². The highest BCUT2D eigenvalue weighted by molar-refractivity contribution is 7.10. The zero-order valence-electron chi connectivity index (χ0n) is 12.8. The highest BCUT2D eigenvalue weighted by Crippen LogP contribution is 2.51. The molecule has 1 aliphatic heterocycles. The standard InChI is InChI=1S/C16H21NO4S/c1-9-3-4-22-15(9)12-7-13(12)16(20)17-8-11(21-2)5-10(17)6-14(18)19/h3-4,10-13H,5-8H2,1-2H3,(H,18,19). The maximum Gasteiger partial charge on any atom is 0.305 e. The minimum atomic E-state index is -0.860.